The van der Waals surface area contributed by atoms with Gasteiger partial charge in [-0.3, -0.25) is 4.79 Å². The molecule has 6 heteroatoms. The lowest BCUT2D eigenvalue weighted by Crippen LogP contribution is -2.13. The number of carbonyl (C=O) groups excluding carboxylic acids is 2. The summed E-state index contributed by atoms with van der Waals surface area (Å²) in [7, 11) is 0. The summed E-state index contributed by atoms with van der Waals surface area (Å²) in [4.78, 5) is 28.6. The van der Waals surface area contributed by atoms with E-state index in [1.807, 2.05) is 31.2 Å². The maximum atomic E-state index is 12.6. The first-order valence-corrected chi connectivity index (χ1v) is 9.50. The first kappa shape index (κ1) is 20.1. The van der Waals surface area contributed by atoms with Crippen LogP contribution in [-0.2, 0) is 11.2 Å². The van der Waals surface area contributed by atoms with Gasteiger partial charge in [0.1, 0.15) is 5.82 Å². The molecule has 0 fully saturated rings. The van der Waals surface area contributed by atoms with E-state index in [0.717, 1.165) is 23.4 Å². The van der Waals surface area contributed by atoms with Crippen molar-refractivity contribution in [1.82, 2.24) is 4.98 Å². The van der Waals surface area contributed by atoms with Gasteiger partial charge in [0.15, 0.2) is 0 Å². The monoisotopic (exact) mass is 389 g/mol. The number of amides is 1. The van der Waals surface area contributed by atoms with Gasteiger partial charge in [-0.15, -0.1) is 0 Å². The molecule has 0 atom stereocenters. The Morgan fingerprint density at radius 1 is 0.966 bits per heavy atom. The molecule has 0 aliphatic heterocycles. The first-order chi connectivity index (χ1) is 14.1. The van der Waals surface area contributed by atoms with Gasteiger partial charge in [0.25, 0.3) is 5.91 Å². The van der Waals surface area contributed by atoms with Gasteiger partial charge in [-0.25, -0.2) is 9.78 Å². The SMILES string of the molecule is CCOC(=O)c1ccc(Nc2cc(C(=O)Nc3ccccc3CC)ccn2)cc1. The maximum Gasteiger partial charge on any atom is 0.338 e. The van der Waals surface area contributed by atoms with Crippen molar-refractivity contribution >= 4 is 29.1 Å². The number of anilines is 3. The molecule has 2 N–H and O–H groups in total. The number of pyridine rings is 1. The molecule has 0 saturated carbocycles. The Morgan fingerprint density at radius 2 is 1.72 bits per heavy atom. The van der Waals surface area contributed by atoms with Crippen LogP contribution >= 0.6 is 0 Å². The van der Waals surface area contributed by atoms with Crippen molar-refractivity contribution in [2.75, 3.05) is 17.2 Å². The molecule has 0 aliphatic rings. The lowest BCUT2D eigenvalue weighted by molar-refractivity contribution is 0.0526. The molecule has 1 amide bonds. The second kappa shape index (κ2) is 9.50. The number of nitrogens with zero attached hydrogens (tertiary/aromatic N) is 1. The van der Waals surface area contributed by atoms with Crippen LogP contribution in [-0.4, -0.2) is 23.5 Å². The third kappa shape index (κ3) is 5.19. The van der Waals surface area contributed by atoms with Crippen LogP contribution in [0.3, 0.4) is 0 Å². The first-order valence-electron chi connectivity index (χ1n) is 9.50. The zero-order valence-corrected chi connectivity index (χ0v) is 16.4. The summed E-state index contributed by atoms with van der Waals surface area (Å²) < 4.78 is 4.98. The van der Waals surface area contributed by atoms with Crippen molar-refractivity contribution in [1.29, 1.82) is 0 Å². The average molecular weight is 389 g/mol. The summed E-state index contributed by atoms with van der Waals surface area (Å²) in [6, 6.07) is 18.0. The van der Waals surface area contributed by atoms with E-state index in [4.69, 9.17) is 4.74 Å². The normalized spacial score (nSPS) is 10.3. The second-order valence-electron chi connectivity index (χ2n) is 6.32. The van der Waals surface area contributed by atoms with E-state index in [9.17, 15) is 9.59 Å². The van der Waals surface area contributed by atoms with Crippen LogP contribution < -0.4 is 10.6 Å². The fourth-order valence-corrected chi connectivity index (χ4v) is 2.84. The van der Waals surface area contributed by atoms with E-state index in [2.05, 4.69) is 15.6 Å². The number of nitrogens with one attached hydrogen (secondary N) is 2. The standard InChI is InChI=1S/C23H23N3O3/c1-3-16-7-5-6-8-20(16)26-22(27)18-13-14-24-21(15-18)25-19-11-9-17(10-12-19)23(28)29-4-2/h5-15H,3-4H2,1-2H3,(H,24,25)(H,26,27). The van der Waals surface area contributed by atoms with Gasteiger partial charge in [-0.05, 0) is 61.4 Å². The van der Waals surface area contributed by atoms with Crippen molar-refractivity contribution in [2.24, 2.45) is 0 Å². The Morgan fingerprint density at radius 3 is 2.45 bits per heavy atom. The summed E-state index contributed by atoms with van der Waals surface area (Å²) >= 11 is 0. The zero-order chi connectivity index (χ0) is 20.6. The number of rotatable bonds is 7. The number of para-hydroxylation sites is 1. The van der Waals surface area contributed by atoms with Crippen LogP contribution in [0.1, 0.15) is 40.1 Å². The number of ether oxygens (including phenoxy) is 1. The third-order valence-electron chi connectivity index (χ3n) is 4.34. The Kier molecular flexibility index (Phi) is 6.58. The molecule has 148 valence electrons. The van der Waals surface area contributed by atoms with Gasteiger partial charge in [0.05, 0.1) is 12.2 Å². The van der Waals surface area contributed by atoms with Crippen LogP contribution in [0, 0.1) is 0 Å². The van der Waals surface area contributed by atoms with E-state index in [1.165, 1.54) is 0 Å². The van der Waals surface area contributed by atoms with Crippen LogP contribution in [0.25, 0.3) is 0 Å². The fourth-order valence-electron chi connectivity index (χ4n) is 2.84. The van der Waals surface area contributed by atoms with E-state index in [-0.39, 0.29) is 11.9 Å². The average Bonchev–Trinajstić information content (AvgIpc) is 2.75. The van der Waals surface area contributed by atoms with Gasteiger partial charge in [0, 0.05) is 23.1 Å². The number of esters is 1. The highest BCUT2D eigenvalue weighted by Crippen LogP contribution is 2.19. The van der Waals surface area contributed by atoms with E-state index < -0.39 is 0 Å². The molecular weight excluding hydrogens is 366 g/mol. The minimum Gasteiger partial charge on any atom is -0.462 e. The number of hydrogen-bond acceptors (Lipinski definition) is 5. The Labute approximate surface area is 169 Å². The van der Waals surface area contributed by atoms with Gasteiger partial charge in [0.2, 0.25) is 0 Å². The zero-order valence-electron chi connectivity index (χ0n) is 16.4. The number of aromatic nitrogens is 1. The summed E-state index contributed by atoms with van der Waals surface area (Å²) in [6.45, 7) is 4.15. The van der Waals surface area contributed by atoms with Crippen molar-refractivity contribution in [3.63, 3.8) is 0 Å². The van der Waals surface area contributed by atoms with Crippen LogP contribution in [0.5, 0.6) is 0 Å². The van der Waals surface area contributed by atoms with Gasteiger partial charge >= 0.3 is 5.97 Å². The number of benzene rings is 2. The summed E-state index contributed by atoms with van der Waals surface area (Å²) in [5.41, 5.74) is 3.61. The predicted octanol–water partition coefficient (Wildman–Crippen LogP) is 4.82. The summed E-state index contributed by atoms with van der Waals surface area (Å²) in [6.07, 6.45) is 2.41. The number of aryl methyl sites for hydroxylation is 1. The summed E-state index contributed by atoms with van der Waals surface area (Å²) in [5.74, 6) is -0.0254. The van der Waals surface area contributed by atoms with E-state index >= 15 is 0 Å². The maximum absolute atomic E-state index is 12.6. The molecule has 0 spiro atoms. The Bertz CT molecular complexity index is 1000. The molecule has 0 bridgehead atoms. The molecular formula is C23H23N3O3. The molecule has 0 radical (unpaired) electrons. The molecule has 2 aromatic carbocycles. The largest absolute Gasteiger partial charge is 0.462 e. The Hall–Kier alpha value is -3.67. The van der Waals surface area contributed by atoms with Crippen LogP contribution in [0.15, 0.2) is 66.9 Å². The van der Waals surface area contributed by atoms with Crippen molar-refractivity contribution < 1.29 is 14.3 Å². The lowest BCUT2D eigenvalue weighted by atomic mass is 10.1. The molecule has 3 rings (SSSR count). The van der Waals surface area contributed by atoms with Gasteiger partial charge < -0.3 is 15.4 Å². The fraction of sp³-hybridized carbons (Fsp3) is 0.174. The molecule has 1 heterocycles. The van der Waals surface area contributed by atoms with Crippen molar-refractivity contribution in [3.8, 4) is 0 Å². The topological polar surface area (TPSA) is 80.3 Å². The number of hydrogen-bond donors (Lipinski definition) is 2. The minimum absolute atomic E-state index is 0.200. The minimum atomic E-state index is -0.358. The van der Waals surface area contributed by atoms with Crippen molar-refractivity contribution in [2.45, 2.75) is 20.3 Å². The molecule has 0 aliphatic carbocycles. The van der Waals surface area contributed by atoms with E-state index in [1.54, 1.807) is 49.5 Å². The lowest BCUT2D eigenvalue weighted by Gasteiger charge is -2.11. The quantitative estimate of drug-likeness (QED) is 0.567. The van der Waals surface area contributed by atoms with Gasteiger partial charge in [-0.2, -0.15) is 0 Å². The molecule has 0 saturated heterocycles. The second-order valence-corrected chi connectivity index (χ2v) is 6.32. The van der Waals surface area contributed by atoms with Crippen LogP contribution in [0.4, 0.5) is 17.2 Å². The summed E-state index contributed by atoms with van der Waals surface area (Å²) in [5, 5.41) is 6.10. The molecule has 6 nitrogen and oxygen atoms in total. The van der Waals surface area contributed by atoms with Crippen molar-refractivity contribution in [3.05, 3.63) is 83.6 Å². The molecule has 3 aromatic rings. The smallest absolute Gasteiger partial charge is 0.338 e. The third-order valence-corrected chi connectivity index (χ3v) is 4.34. The Balaban J connectivity index is 1.71. The van der Waals surface area contributed by atoms with Crippen LogP contribution in [0.2, 0.25) is 0 Å². The van der Waals surface area contributed by atoms with E-state index in [0.29, 0.717) is 23.6 Å². The highest BCUT2D eigenvalue weighted by Gasteiger charge is 2.10. The van der Waals surface area contributed by atoms with Gasteiger partial charge in [-0.1, -0.05) is 25.1 Å². The number of carbonyl (C=O) groups is 2. The molecule has 1 aromatic heterocycles. The predicted molar refractivity (Wildman–Crippen MR) is 114 cm³/mol. The molecule has 29 heavy (non-hydrogen) atoms. The highest BCUT2D eigenvalue weighted by molar-refractivity contribution is 6.05. The highest BCUT2D eigenvalue weighted by atomic mass is 16.5. The molecule has 0 unspecified atom stereocenters.